The van der Waals surface area contributed by atoms with Crippen LogP contribution in [0.15, 0.2) is 30.0 Å². The summed E-state index contributed by atoms with van der Waals surface area (Å²) in [5, 5.41) is 18.8. The molecule has 3 rings (SSSR count). The molecule has 1 N–H and O–H groups in total. The maximum atomic E-state index is 15.6. The largest absolute Gasteiger partial charge is 0.525 e. The molecule has 0 aromatic heterocycles. The van der Waals surface area contributed by atoms with Crippen molar-refractivity contribution in [2.75, 3.05) is 19.6 Å². The van der Waals surface area contributed by atoms with Gasteiger partial charge < -0.3 is 14.4 Å². The topological polar surface area (TPSA) is 65.7 Å². The van der Waals surface area contributed by atoms with Gasteiger partial charge in [-0.15, -0.1) is 0 Å². The van der Waals surface area contributed by atoms with Crippen LogP contribution < -0.4 is 0 Å². The van der Waals surface area contributed by atoms with E-state index in [-0.39, 0.29) is 6.10 Å². The zero-order valence-corrected chi connectivity index (χ0v) is 16.3. The fourth-order valence-electron chi connectivity index (χ4n) is 3.32. The summed E-state index contributed by atoms with van der Waals surface area (Å²) in [6.07, 6.45) is 0.297. The standard InChI is InChI=1S/C20H26BFN2O3/c1-19(2)20(3,4)27-21(26-19)18(22)17(13-24-10-9-16(25)12-24)15-7-5-14(11-23)6-8-15/h5-8,16,25H,9-10,12-13H2,1-4H3. The van der Waals surface area contributed by atoms with Gasteiger partial charge in [-0.25, -0.2) is 4.39 Å². The Labute approximate surface area is 160 Å². The minimum absolute atomic E-state index is 0.346. The summed E-state index contributed by atoms with van der Waals surface area (Å²) in [5.41, 5.74) is -0.0522. The number of likely N-dealkylation sites (tertiary alicyclic amines) is 1. The summed E-state index contributed by atoms with van der Waals surface area (Å²) in [7, 11) is -1.08. The second-order valence-corrected chi connectivity index (χ2v) is 8.28. The average molecular weight is 372 g/mol. The molecule has 2 aliphatic heterocycles. The van der Waals surface area contributed by atoms with Crippen LogP contribution in [-0.4, -0.2) is 54.1 Å². The van der Waals surface area contributed by atoms with Crippen molar-refractivity contribution >= 4 is 12.7 Å². The Morgan fingerprint density at radius 2 is 1.85 bits per heavy atom. The first kappa shape index (κ1) is 20.0. The zero-order valence-electron chi connectivity index (χ0n) is 16.3. The molecule has 7 heteroatoms. The van der Waals surface area contributed by atoms with Crippen molar-refractivity contribution in [3.05, 3.63) is 41.1 Å². The summed E-state index contributed by atoms with van der Waals surface area (Å²) < 4.78 is 27.3. The van der Waals surface area contributed by atoms with Gasteiger partial charge in [0, 0.05) is 25.2 Å². The minimum Gasteiger partial charge on any atom is -0.398 e. The maximum absolute atomic E-state index is 15.6. The Kier molecular flexibility index (Phi) is 5.46. The van der Waals surface area contributed by atoms with Gasteiger partial charge in [0.2, 0.25) is 0 Å². The van der Waals surface area contributed by atoms with Gasteiger partial charge in [-0.3, -0.25) is 4.90 Å². The molecule has 1 aromatic rings. The molecule has 2 saturated heterocycles. The summed E-state index contributed by atoms with van der Waals surface area (Å²) >= 11 is 0. The van der Waals surface area contributed by atoms with Crippen molar-refractivity contribution in [1.29, 1.82) is 5.26 Å². The summed E-state index contributed by atoms with van der Waals surface area (Å²) in [6.45, 7) is 9.11. The van der Waals surface area contributed by atoms with Crippen LogP contribution in [0.4, 0.5) is 4.39 Å². The Bertz CT molecular complexity index is 754. The minimum atomic E-state index is -1.08. The first-order chi connectivity index (χ1) is 12.6. The molecule has 0 bridgehead atoms. The van der Waals surface area contributed by atoms with Gasteiger partial charge in [0.15, 0.2) is 0 Å². The predicted molar refractivity (Wildman–Crippen MR) is 102 cm³/mol. The van der Waals surface area contributed by atoms with Gasteiger partial charge in [0.25, 0.3) is 0 Å². The molecule has 0 amide bonds. The molecule has 144 valence electrons. The Morgan fingerprint density at radius 3 is 2.33 bits per heavy atom. The lowest BCUT2D eigenvalue weighted by Gasteiger charge is -2.32. The SMILES string of the molecule is CC1(C)OB(C(F)=C(CN2CCC(O)C2)c2ccc(C#N)cc2)OC1(C)C. The highest BCUT2D eigenvalue weighted by Gasteiger charge is 2.53. The lowest BCUT2D eigenvalue weighted by Crippen LogP contribution is -2.41. The van der Waals surface area contributed by atoms with Crippen molar-refractivity contribution in [3.63, 3.8) is 0 Å². The molecule has 0 saturated carbocycles. The van der Waals surface area contributed by atoms with Crippen molar-refractivity contribution in [1.82, 2.24) is 4.90 Å². The fraction of sp³-hybridized carbons (Fsp3) is 0.550. The van der Waals surface area contributed by atoms with Gasteiger partial charge in [0.05, 0.1) is 28.9 Å². The Morgan fingerprint density at radius 1 is 1.26 bits per heavy atom. The number of hydrogen-bond acceptors (Lipinski definition) is 5. The highest BCUT2D eigenvalue weighted by molar-refractivity contribution is 6.55. The normalized spacial score (nSPS) is 25.4. The lowest BCUT2D eigenvalue weighted by atomic mass is 9.82. The van der Waals surface area contributed by atoms with Gasteiger partial charge in [-0.1, -0.05) is 12.1 Å². The van der Waals surface area contributed by atoms with Crippen LogP contribution in [0, 0.1) is 11.3 Å². The van der Waals surface area contributed by atoms with Crippen LogP contribution in [0.25, 0.3) is 5.57 Å². The Hall–Kier alpha value is -1.72. The molecule has 5 nitrogen and oxygen atoms in total. The monoisotopic (exact) mass is 372 g/mol. The number of β-amino-alcohol motifs (C(OH)–C–C–N with tert-alkyl or cyclic N) is 1. The molecular formula is C20H26BFN2O3. The van der Waals surface area contributed by atoms with Crippen molar-refractivity contribution in [3.8, 4) is 6.07 Å². The number of halogens is 1. The number of hydrogen-bond donors (Lipinski definition) is 1. The van der Waals surface area contributed by atoms with Crippen LogP contribution in [0.3, 0.4) is 0 Å². The van der Waals surface area contributed by atoms with E-state index in [2.05, 4.69) is 6.07 Å². The second-order valence-electron chi connectivity index (χ2n) is 8.28. The summed E-state index contributed by atoms with van der Waals surface area (Å²) in [5.74, 6) is 0. The number of rotatable bonds is 4. The van der Waals surface area contributed by atoms with E-state index in [9.17, 15) is 5.11 Å². The van der Waals surface area contributed by atoms with Gasteiger partial charge >= 0.3 is 7.12 Å². The van der Waals surface area contributed by atoms with E-state index in [4.69, 9.17) is 14.6 Å². The molecule has 0 radical (unpaired) electrons. The lowest BCUT2D eigenvalue weighted by molar-refractivity contribution is 0.00578. The summed E-state index contributed by atoms with van der Waals surface area (Å²) in [6, 6.07) is 8.90. The maximum Gasteiger partial charge on any atom is 0.525 e. The number of nitrogens with zero attached hydrogens (tertiary/aromatic N) is 2. The van der Waals surface area contributed by atoms with Gasteiger partial charge in [0.1, 0.15) is 5.73 Å². The number of benzene rings is 1. The predicted octanol–water partition coefficient (Wildman–Crippen LogP) is 2.94. The van der Waals surface area contributed by atoms with E-state index in [0.29, 0.717) is 42.8 Å². The molecule has 2 fully saturated rings. The molecule has 1 unspecified atom stereocenters. The molecule has 2 aliphatic rings. The van der Waals surface area contributed by atoms with Crippen LogP contribution in [-0.2, 0) is 9.31 Å². The second kappa shape index (κ2) is 7.36. The van der Waals surface area contributed by atoms with E-state index in [0.717, 1.165) is 0 Å². The first-order valence-electron chi connectivity index (χ1n) is 9.28. The zero-order chi connectivity index (χ0) is 19.8. The fourth-order valence-corrected chi connectivity index (χ4v) is 3.32. The van der Waals surface area contributed by atoms with Crippen molar-refractivity contribution in [2.45, 2.75) is 51.4 Å². The van der Waals surface area contributed by atoms with Crippen LogP contribution >= 0.6 is 0 Å². The third-order valence-electron chi connectivity index (χ3n) is 5.74. The third kappa shape index (κ3) is 4.09. The molecule has 27 heavy (non-hydrogen) atoms. The molecule has 2 heterocycles. The van der Waals surface area contributed by atoms with Crippen LogP contribution in [0.2, 0.25) is 0 Å². The molecule has 1 atom stereocenters. The first-order valence-corrected chi connectivity index (χ1v) is 9.28. The van der Waals surface area contributed by atoms with Gasteiger partial charge in [-0.05, 0) is 51.8 Å². The summed E-state index contributed by atoms with van der Waals surface area (Å²) in [4.78, 5) is 2.02. The smallest absolute Gasteiger partial charge is 0.398 e. The van der Waals surface area contributed by atoms with E-state index in [1.165, 1.54) is 0 Å². The van der Waals surface area contributed by atoms with E-state index in [1.807, 2.05) is 32.6 Å². The molecular weight excluding hydrogens is 346 g/mol. The number of nitriles is 1. The Balaban J connectivity index is 1.95. The quantitative estimate of drug-likeness (QED) is 0.824. The number of aliphatic hydroxyl groups excluding tert-OH is 1. The van der Waals surface area contributed by atoms with Crippen LogP contribution in [0.5, 0.6) is 0 Å². The molecule has 0 spiro atoms. The highest BCUT2D eigenvalue weighted by atomic mass is 19.1. The highest BCUT2D eigenvalue weighted by Crippen LogP contribution is 2.40. The van der Waals surface area contributed by atoms with Gasteiger partial charge in [-0.2, -0.15) is 5.26 Å². The van der Waals surface area contributed by atoms with Crippen LogP contribution in [0.1, 0.15) is 45.2 Å². The number of aliphatic hydroxyl groups is 1. The molecule has 0 aliphatic carbocycles. The average Bonchev–Trinajstić information content (AvgIpc) is 3.12. The van der Waals surface area contributed by atoms with E-state index < -0.39 is 24.0 Å². The molecule has 1 aromatic carbocycles. The third-order valence-corrected chi connectivity index (χ3v) is 5.74. The van der Waals surface area contributed by atoms with E-state index >= 15 is 4.39 Å². The van der Waals surface area contributed by atoms with E-state index in [1.54, 1.807) is 24.3 Å². The van der Waals surface area contributed by atoms with Crippen molar-refractivity contribution < 1.29 is 18.8 Å². The van der Waals surface area contributed by atoms with Crippen molar-refractivity contribution in [2.24, 2.45) is 0 Å².